The first-order valence-electron chi connectivity index (χ1n) is 15.9. The zero-order valence-corrected chi connectivity index (χ0v) is 26.9. The minimum atomic E-state index is -5.10. The average Bonchev–Trinajstić information content (AvgIpc) is 3.51. The number of fused-ring (bicyclic) bond motifs is 4. The summed E-state index contributed by atoms with van der Waals surface area (Å²) >= 11 is 0.684. The Morgan fingerprint density at radius 1 is 1.20 bits per heavy atom. The first kappa shape index (κ1) is 31.9. The van der Waals surface area contributed by atoms with Crippen LogP contribution < -0.4 is 15.4 Å². The van der Waals surface area contributed by atoms with E-state index in [-0.39, 0.29) is 94.1 Å². The number of halogens is 6. The van der Waals surface area contributed by atoms with Gasteiger partial charge in [0.1, 0.15) is 41.0 Å². The molecule has 256 valence electrons. The number of nitriles is 1. The quantitative estimate of drug-likeness (QED) is 0.252. The molecule has 0 radical (unpaired) electrons. The van der Waals surface area contributed by atoms with Crippen molar-refractivity contribution < 1.29 is 35.9 Å². The highest BCUT2D eigenvalue weighted by atomic mass is 32.1. The number of rotatable bonds is 5. The first-order chi connectivity index (χ1) is 23.3. The number of anilines is 2. The van der Waals surface area contributed by atoms with Gasteiger partial charge in [-0.05, 0) is 43.5 Å². The van der Waals surface area contributed by atoms with Crippen LogP contribution in [0.25, 0.3) is 32.1 Å². The zero-order chi connectivity index (χ0) is 34.6. The Morgan fingerprint density at radius 2 is 2.00 bits per heavy atom. The molecular weight excluding hydrogens is 672 g/mol. The van der Waals surface area contributed by atoms with E-state index in [0.29, 0.717) is 30.7 Å². The lowest BCUT2D eigenvalue weighted by Gasteiger charge is -2.35. The number of ether oxygens (including phenoxy) is 1. The van der Waals surface area contributed by atoms with Crippen molar-refractivity contribution in [1.29, 1.82) is 5.26 Å². The number of nitrogens with zero attached hydrogens (tertiary/aromatic N) is 6. The van der Waals surface area contributed by atoms with E-state index in [0.717, 1.165) is 24.6 Å². The number of benzene rings is 2. The number of hydrogen-bond donors (Lipinski definition) is 1. The van der Waals surface area contributed by atoms with Crippen molar-refractivity contribution in [3.05, 3.63) is 41.0 Å². The summed E-state index contributed by atoms with van der Waals surface area (Å²) < 4.78 is 97.2. The second-order valence-electron chi connectivity index (χ2n) is 13.2. The van der Waals surface area contributed by atoms with Crippen LogP contribution in [0.5, 0.6) is 6.01 Å². The van der Waals surface area contributed by atoms with Crippen molar-refractivity contribution in [2.45, 2.75) is 62.6 Å². The summed E-state index contributed by atoms with van der Waals surface area (Å²) in [5.74, 6) is -2.29. The summed E-state index contributed by atoms with van der Waals surface area (Å²) in [7, 11) is 0. The fourth-order valence-electron chi connectivity index (χ4n) is 8.16. The maximum absolute atomic E-state index is 17.0. The van der Waals surface area contributed by atoms with Crippen LogP contribution in [0, 0.1) is 23.0 Å². The van der Waals surface area contributed by atoms with Crippen LogP contribution in [0.1, 0.15) is 43.7 Å². The van der Waals surface area contributed by atoms with Crippen LogP contribution in [0.15, 0.2) is 18.2 Å². The number of nitrogens with two attached hydrogens (primary N) is 1. The summed E-state index contributed by atoms with van der Waals surface area (Å²) in [6.07, 6.45) is -3.84. The fraction of sp³-hybridized carbons (Fsp3) is 0.455. The Labute approximate surface area is 279 Å². The van der Waals surface area contributed by atoms with Gasteiger partial charge in [0, 0.05) is 49.3 Å². The molecule has 0 bridgehead atoms. The molecule has 2 N–H and O–H groups in total. The molecule has 4 unspecified atom stereocenters. The number of amides is 1. The summed E-state index contributed by atoms with van der Waals surface area (Å²) in [5, 5.41) is 9.23. The number of thiophene rings is 1. The summed E-state index contributed by atoms with van der Waals surface area (Å²) in [6.45, 7) is 2.90. The molecule has 4 aliphatic rings. The van der Waals surface area contributed by atoms with E-state index in [2.05, 4.69) is 9.97 Å². The van der Waals surface area contributed by atoms with Crippen molar-refractivity contribution in [1.82, 2.24) is 19.8 Å². The molecule has 1 saturated carbocycles. The molecule has 16 heteroatoms. The van der Waals surface area contributed by atoms with Crippen LogP contribution in [-0.2, 0) is 11.0 Å². The van der Waals surface area contributed by atoms with Crippen LogP contribution >= 0.6 is 11.3 Å². The van der Waals surface area contributed by atoms with E-state index >= 15 is 4.39 Å². The lowest BCUT2D eigenvalue weighted by Crippen LogP contribution is -2.48. The first-order valence-corrected chi connectivity index (χ1v) is 16.7. The van der Waals surface area contributed by atoms with E-state index in [1.807, 2.05) is 11.0 Å². The van der Waals surface area contributed by atoms with Gasteiger partial charge in [0.25, 0.3) is 0 Å². The van der Waals surface area contributed by atoms with E-state index in [1.165, 1.54) is 6.92 Å². The average molecular weight is 702 g/mol. The van der Waals surface area contributed by atoms with Gasteiger partial charge in [-0.1, -0.05) is 6.07 Å². The molecule has 4 aromatic rings. The zero-order valence-electron chi connectivity index (χ0n) is 26.1. The van der Waals surface area contributed by atoms with Gasteiger partial charge >= 0.3 is 12.2 Å². The van der Waals surface area contributed by atoms with Crippen LogP contribution in [0.2, 0.25) is 0 Å². The summed E-state index contributed by atoms with van der Waals surface area (Å²) in [5.41, 5.74) is 1.95. The van der Waals surface area contributed by atoms with Crippen LogP contribution in [0.4, 0.5) is 37.2 Å². The number of aromatic nitrogens is 2. The highest BCUT2D eigenvalue weighted by Gasteiger charge is 2.52. The molecule has 1 amide bonds. The standard InChI is InChI=1S/C33H29F6N7O2S/c1-15(47)45-7-8-46(23-10-22(23)45)30-18-9-20(33(37,38)39)25(17-3-4-21(35)28-24(17)19(12-40)29(41)49-28)26(36)27(18)42-31(43-30)48-14-32-5-2-6-44(32)13-16(34)11-32/h3-4,9,16,22-23H,2,5-8,10-11,13-14,41H2,1H3. The summed E-state index contributed by atoms with van der Waals surface area (Å²) in [4.78, 5) is 26.6. The van der Waals surface area contributed by atoms with E-state index in [9.17, 15) is 32.0 Å². The molecule has 4 fully saturated rings. The van der Waals surface area contributed by atoms with Gasteiger partial charge in [-0.3, -0.25) is 9.69 Å². The third-order valence-corrected chi connectivity index (χ3v) is 11.4. The number of alkyl halides is 4. The minimum Gasteiger partial charge on any atom is -0.461 e. The SMILES string of the molecule is CC(=O)N1CCN(c2nc(OCC34CCCN3CC(F)C4)nc3c(F)c(-c4ccc(F)c5sc(N)c(C#N)c45)c(C(F)(F)F)cc23)C2CC21. The van der Waals surface area contributed by atoms with Crippen molar-refractivity contribution >= 4 is 49.1 Å². The topological polar surface area (TPSA) is 112 Å². The highest BCUT2D eigenvalue weighted by Crippen LogP contribution is 2.49. The lowest BCUT2D eigenvalue weighted by molar-refractivity contribution is -0.137. The Kier molecular flexibility index (Phi) is 7.21. The Bertz CT molecular complexity index is 2100. The second kappa shape index (κ2) is 11.1. The second-order valence-corrected chi connectivity index (χ2v) is 14.3. The van der Waals surface area contributed by atoms with Gasteiger partial charge in [-0.25, -0.2) is 13.2 Å². The molecule has 49 heavy (non-hydrogen) atoms. The number of carbonyl (C=O) groups excluding carboxylic acids is 1. The Morgan fingerprint density at radius 3 is 2.73 bits per heavy atom. The molecular formula is C33H29F6N7O2S. The molecule has 8 rings (SSSR count). The fourth-order valence-corrected chi connectivity index (χ4v) is 9.11. The smallest absolute Gasteiger partial charge is 0.417 e. The Hall–Kier alpha value is -4.36. The molecule has 2 aromatic heterocycles. The van der Waals surface area contributed by atoms with Crippen molar-refractivity contribution in [2.75, 3.05) is 43.4 Å². The van der Waals surface area contributed by atoms with Crippen molar-refractivity contribution in [3.8, 4) is 23.2 Å². The molecule has 3 aliphatic heterocycles. The molecule has 1 aliphatic carbocycles. The third-order valence-electron chi connectivity index (χ3n) is 10.4. The molecule has 5 heterocycles. The molecule has 9 nitrogen and oxygen atoms in total. The maximum atomic E-state index is 17.0. The molecule has 2 aromatic carbocycles. The van der Waals surface area contributed by atoms with Crippen molar-refractivity contribution in [2.24, 2.45) is 0 Å². The molecule has 4 atom stereocenters. The van der Waals surface area contributed by atoms with Crippen molar-refractivity contribution in [3.63, 3.8) is 0 Å². The van der Waals surface area contributed by atoms with Gasteiger partial charge in [-0.2, -0.15) is 28.4 Å². The van der Waals surface area contributed by atoms with Gasteiger partial charge < -0.3 is 20.3 Å². The van der Waals surface area contributed by atoms with E-state index < -0.39 is 46.2 Å². The van der Waals surface area contributed by atoms with Gasteiger partial charge in [0.15, 0.2) is 5.82 Å². The van der Waals surface area contributed by atoms with Crippen LogP contribution in [0.3, 0.4) is 0 Å². The Balaban J connectivity index is 1.34. The normalized spacial score (nSPS) is 25.1. The minimum absolute atomic E-state index is 0.00403. The van der Waals surface area contributed by atoms with Gasteiger partial charge in [-0.15, -0.1) is 11.3 Å². The number of nitrogen functional groups attached to an aromatic ring is 1. The number of piperazine rings is 1. The lowest BCUT2D eigenvalue weighted by atomic mass is 9.92. The predicted octanol–water partition coefficient (Wildman–Crippen LogP) is 6.03. The highest BCUT2D eigenvalue weighted by molar-refractivity contribution is 7.23. The van der Waals surface area contributed by atoms with E-state index in [4.69, 9.17) is 10.5 Å². The maximum Gasteiger partial charge on any atom is 0.417 e. The molecule has 3 saturated heterocycles. The van der Waals surface area contributed by atoms with E-state index in [1.54, 1.807) is 9.80 Å². The number of carbonyl (C=O) groups is 1. The van der Waals surface area contributed by atoms with Gasteiger partial charge in [0.05, 0.1) is 33.4 Å². The van der Waals surface area contributed by atoms with Crippen LogP contribution in [-0.4, -0.2) is 82.3 Å². The summed E-state index contributed by atoms with van der Waals surface area (Å²) in [6, 6.07) is 3.77. The number of hydrogen-bond acceptors (Lipinski definition) is 9. The van der Waals surface area contributed by atoms with Gasteiger partial charge in [0.2, 0.25) is 5.91 Å². The predicted molar refractivity (Wildman–Crippen MR) is 170 cm³/mol. The largest absolute Gasteiger partial charge is 0.461 e. The monoisotopic (exact) mass is 701 g/mol. The third kappa shape index (κ3) is 4.95. The molecule has 0 spiro atoms.